The Hall–Kier alpha value is -2.68. The predicted octanol–water partition coefficient (Wildman–Crippen LogP) is 2.68. The molecule has 3 heterocycles. The smallest absolute Gasteiger partial charge is 0.309 e. The van der Waals surface area contributed by atoms with Gasteiger partial charge in [0.25, 0.3) is 11.5 Å². The fraction of sp³-hybridized carbons (Fsp3) is 0.542. The van der Waals surface area contributed by atoms with E-state index in [0.29, 0.717) is 78.4 Å². The highest BCUT2D eigenvalue weighted by molar-refractivity contribution is 8.26. The first-order chi connectivity index (χ1) is 16.8. The van der Waals surface area contributed by atoms with Crippen LogP contribution in [0.2, 0.25) is 0 Å². The molecule has 11 heteroatoms. The molecule has 0 radical (unpaired) electrons. The highest BCUT2D eigenvalue weighted by Gasteiger charge is 2.34. The SMILES string of the molecule is CCOC(=O)C1CCN(c2c(C=C3SC(=S)N(CCOC)C3=O)c(C)c(C#N)c(=O)n2CC)CC1. The van der Waals surface area contributed by atoms with Gasteiger partial charge in [-0.15, -0.1) is 0 Å². The number of hydrogen-bond acceptors (Lipinski definition) is 9. The van der Waals surface area contributed by atoms with E-state index in [-0.39, 0.29) is 28.9 Å². The molecule has 0 unspecified atom stereocenters. The number of anilines is 1. The van der Waals surface area contributed by atoms with E-state index >= 15 is 0 Å². The maximum absolute atomic E-state index is 13.2. The van der Waals surface area contributed by atoms with Crippen molar-refractivity contribution in [3.63, 3.8) is 0 Å². The van der Waals surface area contributed by atoms with Crippen LogP contribution in [0, 0.1) is 24.2 Å². The zero-order valence-corrected chi connectivity index (χ0v) is 22.1. The number of amides is 1. The van der Waals surface area contributed by atoms with Crippen LogP contribution in [0.15, 0.2) is 9.70 Å². The minimum absolute atomic E-state index is 0.0538. The summed E-state index contributed by atoms with van der Waals surface area (Å²) in [5.74, 6) is 0.0404. The number of methoxy groups -OCH3 is 1. The molecule has 0 N–H and O–H groups in total. The number of piperidine rings is 1. The number of carbonyl (C=O) groups is 2. The van der Waals surface area contributed by atoms with Gasteiger partial charge in [0.15, 0.2) is 0 Å². The summed E-state index contributed by atoms with van der Waals surface area (Å²) >= 11 is 6.60. The van der Waals surface area contributed by atoms with Gasteiger partial charge in [-0.1, -0.05) is 24.0 Å². The molecule has 35 heavy (non-hydrogen) atoms. The molecule has 0 spiro atoms. The van der Waals surface area contributed by atoms with Crippen molar-refractivity contribution in [2.24, 2.45) is 5.92 Å². The average Bonchev–Trinajstić information content (AvgIpc) is 3.11. The lowest BCUT2D eigenvalue weighted by Crippen LogP contribution is -2.41. The van der Waals surface area contributed by atoms with Crippen LogP contribution in [-0.2, 0) is 25.6 Å². The molecule has 1 aromatic heterocycles. The summed E-state index contributed by atoms with van der Waals surface area (Å²) in [6.07, 6.45) is 2.92. The summed E-state index contributed by atoms with van der Waals surface area (Å²) in [6, 6.07) is 2.04. The number of carbonyl (C=O) groups excluding carboxylic acids is 2. The van der Waals surface area contributed by atoms with E-state index in [9.17, 15) is 19.6 Å². The average molecular weight is 519 g/mol. The molecule has 0 aromatic carbocycles. The van der Waals surface area contributed by atoms with Crippen LogP contribution in [0.5, 0.6) is 0 Å². The molecular weight excluding hydrogens is 488 g/mol. The van der Waals surface area contributed by atoms with Crippen LogP contribution in [0.25, 0.3) is 6.08 Å². The number of thiocarbonyl (C=S) groups is 1. The van der Waals surface area contributed by atoms with Crippen molar-refractivity contribution >= 4 is 52.1 Å². The first kappa shape index (κ1) is 26.9. The van der Waals surface area contributed by atoms with Crippen molar-refractivity contribution in [2.75, 3.05) is 44.9 Å². The first-order valence-corrected chi connectivity index (χ1v) is 12.8. The lowest BCUT2D eigenvalue weighted by molar-refractivity contribution is -0.148. The third-order valence-corrected chi connectivity index (χ3v) is 7.62. The van der Waals surface area contributed by atoms with Crippen LogP contribution in [-0.4, -0.2) is 65.6 Å². The van der Waals surface area contributed by atoms with Crippen LogP contribution >= 0.6 is 24.0 Å². The number of ether oxygens (including phenoxy) is 2. The normalized spacial score (nSPS) is 17.9. The Bertz CT molecular complexity index is 1150. The molecule has 188 valence electrons. The van der Waals surface area contributed by atoms with Gasteiger partial charge < -0.3 is 14.4 Å². The Morgan fingerprint density at radius 3 is 2.54 bits per heavy atom. The highest BCUT2D eigenvalue weighted by atomic mass is 32.2. The van der Waals surface area contributed by atoms with Crippen molar-refractivity contribution < 1.29 is 19.1 Å². The topological polar surface area (TPSA) is 105 Å². The second kappa shape index (κ2) is 11.8. The lowest BCUT2D eigenvalue weighted by atomic mass is 9.95. The summed E-state index contributed by atoms with van der Waals surface area (Å²) in [4.78, 5) is 42.4. The molecule has 2 aliphatic rings. The van der Waals surface area contributed by atoms with Crippen LogP contribution in [0.4, 0.5) is 5.82 Å². The molecule has 9 nitrogen and oxygen atoms in total. The molecule has 0 aliphatic carbocycles. The number of hydrogen-bond donors (Lipinski definition) is 0. The maximum atomic E-state index is 13.2. The molecule has 0 saturated carbocycles. The van der Waals surface area contributed by atoms with E-state index in [1.165, 1.54) is 16.7 Å². The third-order valence-electron chi connectivity index (χ3n) is 6.25. The maximum Gasteiger partial charge on any atom is 0.309 e. The van der Waals surface area contributed by atoms with Crippen molar-refractivity contribution in [3.8, 4) is 6.07 Å². The molecule has 2 saturated heterocycles. The van der Waals surface area contributed by atoms with E-state index in [1.807, 2.05) is 13.0 Å². The minimum Gasteiger partial charge on any atom is -0.466 e. The second-order valence-corrected chi connectivity index (χ2v) is 9.91. The van der Waals surface area contributed by atoms with E-state index in [2.05, 4.69) is 4.90 Å². The number of thioether (sulfide) groups is 1. The van der Waals surface area contributed by atoms with Gasteiger partial charge in [0.05, 0.1) is 30.6 Å². The Labute approximate surface area is 214 Å². The standard InChI is InChI=1S/C24H30N4O5S2/c1-5-27-20(26-9-7-16(8-10-26)23(31)33-6-2)17(15(3)18(14-25)21(27)29)13-19-22(30)28(11-12-32-4)24(34)35-19/h13,16H,5-12H2,1-4H3. The van der Waals surface area contributed by atoms with Gasteiger partial charge in [0.1, 0.15) is 21.8 Å². The number of nitrogens with zero attached hydrogens (tertiary/aromatic N) is 4. The zero-order chi connectivity index (χ0) is 25.7. The number of nitriles is 1. The number of aromatic nitrogens is 1. The van der Waals surface area contributed by atoms with Crippen molar-refractivity contribution in [2.45, 2.75) is 40.2 Å². The Balaban J connectivity index is 2.07. The van der Waals surface area contributed by atoms with Crippen LogP contribution in [0.1, 0.15) is 43.4 Å². The van der Waals surface area contributed by atoms with E-state index in [4.69, 9.17) is 21.7 Å². The number of rotatable bonds is 8. The summed E-state index contributed by atoms with van der Waals surface area (Å²) in [5.41, 5.74) is 0.856. The summed E-state index contributed by atoms with van der Waals surface area (Å²) in [6.45, 7) is 7.87. The lowest BCUT2D eigenvalue weighted by Gasteiger charge is -2.35. The quantitative estimate of drug-likeness (QED) is 0.292. The molecule has 1 amide bonds. The van der Waals surface area contributed by atoms with Crippen molar-refractivity contribution in [3.05, 3.63) is 31.9 Å². The number of pyridine rings is 1. The van der Waals surface area contributed by atoms with Gasteiger partial charge in [-0.2, -0.15) is 5.26 Å². The Kier molecular flexibility index (Phi) is 9.10. The van der Waals surface area contributed by atoms with Crippen molar-refractivity contribution in [1.82, 2.24) is 9.47 Å². The molecular formula is C24H30N4O5S2. The van der Waals surface area contributed by atoms with Gasteiger partial charge >= 0.3 is 5.97 Å². The molecule has 2 aliphatic heterocycles. The molecule has 1 aromatic rings. The Morgan fingerprint density at radius 1 is 1.29 bits per heavy atom. The van der Waals surface area contributed by atoms with Gasteiger partial charge in [0, 0.05) is 32.3 Å². The summed E-state index contributed by atoms with van der Waals surface area (Å²) in [7, 11) is 1.56. The van der Waals surface area contributed by atoms with Gasteiger partial charge in [0.2, 0.25) is 0 Å². The van der Waals surface area contributed by atoms with Crippen LogP contribution in [0.3, 0.4) is 0 Å². The summed E-state index contributed by atoms with van der Waals surface area (Å²) in [5, 5.41) is 9.72. The van der Waals surface area contributed by atoms with Gasteiger partial charge in [-0.3, -0.25) is 23.9 Å². The molecule has 0 atom stereocenters. The molecule has 3 rings (SSSR count). The van der Waals surface area contributed by atoms with Gasteiger partial charge in [-0.05, 0) is 45.3 Å². The largest absolute Gasteiger partial charge is 0.466 e. The monoisotopic (exact) mass is 518 g/mol. The van der Waals surface area contributed by atoms with E-state index in [1.54, 1.807) is 31.6 Å². The van der Waals surface area contributed by atoms with Gasteiger partial charge in [-0.25, -0.2) is 0 Å². The summed E-state index contributed by atoms with van der Waals surface area (Å²) < 4.78 is 12.3. The molecule has 0 bridgehead atoms. The second-order valence-electron chi connectivity index (χ2n) is 8.24. The first-order valence-electron chi connectivity index (χ1n) is 11.6. The molecule has 2 fully saturated rings. The fourth-order valence-corrected chi connectivity index (χ4v) is 5.66. The van der Waals surface area contributed by atoms with E-state index < -0.39 is 0 Å². The minimum atomic E-state index is -0.361. The van der Waals surface area contributed by atoms with Crippen LogP contribution < -0.4 is 10.5 Å². The van der Waals surface area contributed by atoms with E-state index in [0.717, 1.165) is 0 Å². The highest BCUT2D eigenvalue weighted by Crippen LogP contribution is 2.36. The van der Waals surface area contributed by atoms with Crippen molar-refractivity contribution in [1.29, 1.82) is 5.26 Å². The predicted molar refractivity (Wildman–Crippen MR) is 139 cm³/mol. The fourth-order valence-electron chi connectivity index (χ4n) is 4.37. The zero-order valence-electron chi connectivity index (χ0n) is 20.5. The number of esters is 1. The Morgan fingerprint density at radius 2 is 1.97 bits per heavy atom. The third kappa shape index (κ3) is 5.44.